The maximum absolute atomic E-state index is 11.3. The molecule has 0 aliphatic heterocycles. The van der Waals surface area contributed by atoms with Gasteiger partial charge in [0.2, 0.25) is 11.5 Å². The minimum atomic E-state index is -1.35. The van der Waals surface area contributed by atoms with Crippen molar-refractivity contribution in [1.82, 2.24) is 10.3 Å². The van der Waals surface area contributed by atoms with Crippen LogP contribution >= 0.6 is 0 Å². The summed E-state index contributed by atoms with van der Waals surface area (Å²) in [5.74, 6) is -1.64. The molecule has 0 aliphatic rings. The number of aromatic nitrogens is 2. The highest BCUT2D eigenvalue weighted by Gasteiger charge is 2.22. The van der Waals surface area contributed by atoms with Gasteiger partial charge >= 0.3 is 12.1 Å². The molecule has 16 heavy (non-hydrogen) atoms. The van der Waals surface area contributed by atoms with Crippen molar-refractivity contribution >= 4 is 17.9 Å². The van der Waals surface area contributed by atoms with Crippen molar-refractivity contribution in [2.45, 2.75) is 26.4 Å². The van der Waals surface area contributed by atoms with Gasteiger partial charge in [0.25, 0.3) is 0 Å². The summed E-state index contributed by atoms with van der Waals surface area (Å²) in [6.07, 6.45) is -0.828. The van der Waals surface area contributed by atoms with Gasteiger partial charge in [-0.05, 0) is 31.1 Å². The molecule has 0 spiro atoms. The molecule has 0 atom stereocenters. The zero-order valence-electron chi connectivity index (χ0n) is 8.97. The molecule has 0 radical (unpaired) electrons. The topological polar surface area (TPSA) is 115 Å². The number of nitrogens with one attached hydrogen (secondary N) is 1. The minimum absolute atomic E-state index is 0.290. The molecule has 0 fully saturated rings. The van der Waals surface area contributed by atoms with Gasteiger partial charge in [-0.25, -0.2) is 14.2 Å². The highest BCUT2D eigenvalue weighted by Crippen LogP contribution is 2.12. The lowest BCUT2D eigenvalue weighted by molar-refractivity contribution is 0.0634. The SMILES string of the molecule is CC(C)(C)OC(=O)Nc1nonc1C(=O)O. The van der Waals surface area contributed by atoms with E-state index in [0.717, 1.165) is 0 Å². The van der Waals surface area contributed by atoms with Gasteiger partial charge in [0.1, 0.15) is 5.60 Å². The van der Waals surface area contributed by atoms with E-state index in [2.05, 4.69) is 20.3 Å². The van der Waals surface area contributed by atoms with Gasteiger partial charge in [-0.2, -0.15) is 0 Å². The maximum Gasteiger partial charge on any atom is 0.413 e. The smallest absolute Gasteiger partial charge is 0.413 e. The summed E-state index contributed by atoms with van der Waals surface area (Å²) < 4.78 is 9.08. The predicted octanol–water partition coefficient (Wildman–Crippen LogP) is 1.11. The van der Waals surface area contributed by atoms with E-state index >= 15 is 0 Å². The van der Waals surface area contributed by atoms with Crippen molar-refractivity contribution in [2.24, 2.45) is 0 Å². The number of hydrogen-bond donors (Lipinski definition) is 2. The van der Waals surface area contributed by atoms with Crippen LogP contribution in [0.5, 0.6) is 0 Å². The number of hydrogen-bond acceptors (Lipinski definition) is 6. The molecule has 0 saturated heterocycles. The highest BCUT2D eigenvalue weighted by molar-refractivity contribution is 5.95. The molecule has 0 saturated carbocycles. The lowest BCUT2D eigenvalue weighted by Crippen LogP contribution is -2.27. The summed E-state index contributed by atoms with van der Waals surface area (Å²) >= 11 is 0. The fraction of sp³-hybridized carbons (Fsp3) is 0.500. The Labute approximate surface area is 90.5 Å². The third kappa shape index (κ3) is 3.23. The molecular formula is C8H11N3O5. The van der Waals surface area contributed by atoms with Crippen molar-refractivity contribution in [3.05, 3.63) is 5.69 Å². The van der Waals surface area contributed by atoms with Crippen LogP contribution in [-0.2, 0) is 4.74 Å². The average Bonchev–Trinajstić information content (AvgIpc) is 2.47. The van der Waals surface area contributed by atoms with E-state index in [-0.39, 0.29) is 5.82 Å². The molecule has 1 aromatic heterocycles. The summed E-state index contributed by atoms with van der Waals surface area (Å²) in [5, 5.41) is 17.1. The van der Waals surface area contributed by atoms with Crippen LogP contribution in [0, 0.1) is 0 Å². The summed E-state index contributed by atoms with van der Waals surface area (Å²) in [6, 6.07) is 0. The lowest BCUT2D eigenvalue weighted by atomic mass is 10.2. The van der Waals surface area contributed by atoms with Crippen LogP contribution in [0.15, 0.2) is 4.63 Å². The van der Waals surface area contributed by atoms with Crippen LogP contribution in [0.4, 0.5) is 10.6 Å². The molecule has 8 heteroatoms. The van der Waals surface area contributed by atoms with E-state index < -0.39 is 23.4 Å². The number of anilines is 1. The summed E-state index contributed by atoms with van der Waals surface area (Å²) in [5.41, 5.74) is -1.17. The van der Waals surface area contributed by atoms with Crippen LogP contribution < -0.4 is 5.32 Å². The molecule has 0 aliphatic carbocycles. The first kappa shape index (κ1) is 12.0. The van der Waals surface area contributed by atoms with Crippen molar-refractivity contribution in [3.63, 3.8) is 0 Å². The monoisotopic (exact) mass is 229 g/mol. The van der Waals surface area contributed by atoms with Crippen LogP contribution in [0.1, 0.15) is 31.3 Å². The Morgan fingerprint density at radius 2 is 2.00 bits per heavy atom. The Morgan fingerprint density at radius 1 is 1.38 bits per heavy atom. The molecule has 1 amide bonds. The number of carboxylic acids is 1. The predicted molar refractivity (Wildman–Crippen MR) is 51.1 cm³/mol. The van der Waals surface area contributed by atoms with Crippen molar-refractivity contribution < 1.29 is 24.1 Å². The summed E-state index contributed by atoms with van der Waals surface area (Å²) in [7, 11) is 0. The number of rotatable bonds is 2. The minimum Gasteiger partial charge on any atom is -0.476 e. The van der Waals surface area contributed by atoms with Crippen molar-refractivity contribution in [2.75, 3.05) is 5.32 Å². The molecule has 8 nitrogen and oxygen atoms in total. The Hall–Kier alpha value is -2.12. The number of ether oxygens (including phenoxy) is 1. The Morgan fingerprint density at radius 3 is 2.50 bits per heavy atom. The fourth-order valence-corrected chi connectivity index (χ4v) is 0.811. The van der Waals surface area contributed by atoms with Gasteiger partial charge in [-0.3, -0.25) is 5.32 Å². The second-order valence-corrected chi connectivity index (χ2v) is 3.89. The normalized spacial score (nSPS) is 10.9. The van der Waals surface area contributed by atoms with E-state index in [1.165, 1.54) is 0 Å². The zero-order chi connectivity index (χ0) is 12.3. The molecule has 1 rings (SSSR count). The fourth-order valence-electron chi connectivity index (χ4n) is 0.811. The third-order valence-electron chi connectivity index (χ3n) is 1.31. The highest BCUT2D eigenvalue weighted by atomic mass is 16.6. The third-order valence-corrected chi connectivity index (χ3v) is 1.31. The molecule has 2 N–H and O–H groups in total. The quantitative estimate of drug-likeness (QED) is 0.780. The van der Waals surface area contributed by atoms with Gasteiger partial charge in [0.05, 0.1) is 0 Å². The van der Waals surface area contributed by atoms with E-state index in [4.69, 9.17) is 9.84 Å². The average molecular weight is 229 g/mol. The molecule has 0 unspecified atom stereocenters. The van der Waals surface area contributed by atoms with Crippen LogP contribution in [0.3, 0.4) is 0 Å². The lowest BCUT2D eigenvalue weighted by Gasteiger charge is -2.18. The first-order chi connectivity index (χ1) is 7.29. The van der Waals surface area contributed by atoms with Gasteiger partial charge in [-0.1, -0.05) is 0 Å². The van der Waals surface area contributed by atoms with Gasteiger partial charge in [-0.15, -0.1) is 0 Å². The number of carboxylic acid groups (broad SMARTS) is 1. The summed E-state index contributed by atoms with van der Waals surface area (Å²) in [6.45, 7) is 5.02. The van der Waals surface area contributed by atoms with Gasteiger partial charge in [0.15, 0.2) is 0 Å². The number of carbonyl (C=O) groups excluding carboxylic acids is 1. The molecule has 0 aromatic carbocycles. The van der Waals surface area contributed by atoms with Crippen molar-refractivity contribution in [1.29, 1.82) is 0 Å². The number of nitrogens with zero attached hydrogens (tertiary/aromatic N) is 2. The molecule has 0 bridgehead atoms. The van der Waals surface area contributed by atoms with E-state index in [9.17, 15) is 9.59 Å². The first-order valence-electron chi connectivity index (χ1n) is 4.35. The van der Waals surface area contributed by atoms with Gasteiger partial charge < -0.3 is 9.84 Å². The van der Waals surface area contributed by atoms with E-state index in [1.807, 2.05) is 0 Å². The van der Waals surface area contributed by atoms with E-state index in [1.54, 1.807) is 20.8 Å². The Balaban J connectivity index is 2.70. The Kier molecular flexibility index (Phi) is 3.11. The second-order valence-electron chi connectivity index (χ2n) is 3.89. The molecular weight excluding hydrogens is 218 g/mol. The first-order valence-corrected chi connectivity index (χ1v) is 4.35. The summed E-state index contributed by atoms with van der Waals surface area (Å²) in [4.78, 5) is 21.9. The number of aromatic carboxylic acids is 1. The van der Waals surface area contributed by atoms with Gasteiger partial charge in [0, 0.05) is 0 Å². The standard InChI is InChI=1S/C8H11N3O5/c1-8(2,3)15-7(14)9-5-4(6(12)13)10-16-11-5/h1-3H3,(H,12,13)(H,9,11,14). The zero-order valence-corrected chi connectivity index (χ0v) is 8.97. The van der Waals surface area contributed by atoms with Crippen LogP contribution in [-0.4, -0.2) is 33.1 Å². The number of carbonyl (C=O) groups is 2. The van der Waals surface area contributed by atoms with Crippen LogP contribution in [0.25, 0.3) is 0 Å². The molecule has 1 heterocycles. The Bertz CT molecular complexity index is 406. The number of amides is 1. The van der Waals surface area contributed by atoms with Crippen molar-refractivity contribution in [3.8, 4) is 0 Å². The second kappa shape index (κ2) is 4.17. The molecule has 88 valence electrons. The largest absolute Gasteiger partial charge is 0.476 e. The van der Waals surface area contributed by atoms with E-state index in [0.29, 0.717) is 0 Å². The molecule has 1 aromatic rings. The van der Waals surface area contributed by atoms with Crippen LogP contribution in [0.2, 0.25) is 0 Å². The maximum atomic E-state index is 11.3.